The van der Waals surface area contributed by atoms with Crippen molar-refractivity contribution in [3.63, 3.8) is 0 Å². The second kappa shape index (κ2) is 4.80. The van der Waals surface area contributed by atoms with Crippen molar-refractivity contribution in [2.24, 2.45) is 5.16 Å². The molecule has 0 aromatic heterocycles. The van der Waals surface area contributed by atoms with Crippen LogP contribution in [0.5, 0.6) is 0 Å². The zero-order valence-electron chi connectivity index (χ0n) is 8.83. The molecule has 0 bridgehead atoms. The lowest BCUT2D eigenvalue weighted by molar-refractivity contribution is -0.130. The topological polar surface area (TPSA) is 95.8 Å². The first-order chi connectivity index (χ1) is 8.88. The summed E-state index contributed by atoms with van der Waals surface area (Å²) in [6, 6.07) is 1.18. The number of benzene rings is 1. The van der Waals surface area contributed by atoms with Gasteiger partial charge in [-0.15, -0.1) is 0 Å². The average molecular weight is 322 g/mol. The first-order valence-corrected chi connectivity index (χ1v) is 5.81. The summed E-state index contributed by atoms with van der Waals surface area (Å²) in [4.78, 5) is 35.0. The number of anilines is 1. The van der Waals surface area contributed by atoms with E-state index in [1.54, 1.807) is 0 Å². The SMILES string of the molecule is O=C1Nc2cc(Cl)c(Cl)c(Cl)c2C(=O)C(=NO)C1=O. The number of carbonyl (C=O) groups is 3. The number of rotatable bonds is 0. The molecule has 0 fully saturated rings. The van der Waals surface area contributed by atoms with E-state index in [1.807, 2.05) is 0 Å². The van der Waals surface area contributed by atoms with E-state index in [-0.39, 0.29) is 26.3 Å². The van der Waals surface area contributed by atoms with Crippen molar-refractivity contribution in [1.29, 1.82) is 0 Å². The molecule has 0 radical (unpaired) electrons. The van der Waals surface area contributed by atoms with Gasteiger partial charge in [0, 0.05) is 0 Å². The fraction of sp³-hybridized carbons (Fsp3) is 0. The van der Waals surface area contributed by atoms with Gasteiger partial charge in [-0.2, -0.15) is 0 Å². The Morgan fingerprint density at radius 2 is 1.68 bits per heavy atom. The van der Waals surface area contributed by atoms with E-state index in [0.29, 0.717) is 0 Å². The first-order valence-electron chi connectivity index (χ1n) is 4.68. The fourth-order valence-corrected chi connectivity index (χ4v) is 2.21. The molecule has 0 aliphatic carbocycles. The van der Waals surface area contributed by atoms with E-state index in [4.69, 9.17) is 40.0 Å². The molecule has 2 rings (SSSR count). The van der Waals surface area contributed by atoms with Crippen molar-refractivity contribution in [3.05, 3.63) is 26.7 Å². The summed E-state index contributed by atoms with van der Waals surface area (Å²) >= 11 is 17.4. The second-order valence-corrected chi connectivity index (χ2v) is 4.63. The molecule has 6 nitrogen and oxygen atoms in total. The van der Waals surface area contributed by atoms with Crippen LogP contribution in [-0.4, -0.2) is 28.4 Å². The molecule has 1 heterocycles. The number of hydrogen-bond acceptors (Lipinski definition) is 5. The van der Waals surface area contributed by atoms with Crippen LogP contribution in [0.25, 0.3) is 0 Å². The maximum absolute atomic E-state index is 12.0. The molecular formula is C10H3Cl3N2O4. The third-order valence-corrected chi connectivity index (χ3v) is 3.64. The molecule has 1 aliphatic heterocycles. The molecule has 98 valence electrons. The molecule has 1 aliphatic rings. The Balaban J connectivity index is 2.81. The highest BCUT2D eigenvalue weighted by Crippen LogP contribution is 2.38. The predicted molar refractivity (Wildman–Crippen MR) is 68.7 cm³/mol. The van der Waals surface area contributed by atoms with Crippen molar-refractivity contribution in [3.8, 4) is 0 Å². The van der Waals surface area contributed by atoms with Gasteiger partial charge in [0.25, 0.3) is 11.7 Å². The van der Waals surface area contributed by atoms with E-state index in [2.05, 4.69) is 10.5 Å². The summed E-state index contributed by atoms with van der Waals surface area (Å²) in [5.74, 6) is -3.45. The largest absolute Gasteiger partial charge is 0.410 e. The Morgan fingerprint density at radius 3 is 2.26 bits per heavy atom. The molecule has 1 amide bonds. The van der Waals surface area contributed by atoms with Crippen LogP contribution in [0.15, 0.2) is 11.2 Å². The van der Waals surface area contributed by atoms with Crippen LogP contribution in [0.2, 0.25) is 15.1 Å². The van der Waals surface area contributed by atoms with Gasteiger partial charge in [-0.25, -0.2) is 0 Å². The molecule has 1 aromatic rings. The highest BCUT2D eigenvalue weighted by atomic mass is 35.5. The summed E-state index contributed by atoms with van der Waals surface area (Å²) < 4.78 is 0. The predicted octanol–water partition coefficient (Wildman–Crippen LogP) is 2.18. The van der Waals surface area contributed by atoms with Gasteiger partial charge in [-0.1, -0.05) is 40.0 Å². The zero-order valence-corrected chi connectivity index (χ0v) is 11.1. The van der Waals surface area contributed by atoms with Crippen LogP contribution in [-0.2, 0) is 9.59 Å². The lowest BCUT2D eigenvalue weighted by Crippen LogP contribution is -2.31. The number of nitrogens with zero attached hydrogens (tertiary/aromatic N) is 1. The molecule has 0 unspecified atom stereocenters. The highest BCUT2D eigenvalue weighted by molar-refractivity contribution is 6.83. The van der Waals surface area contributed by atoms with Crippen molar-refractivity contribution in [1.82, 2.24) is 0 Å². The number of oxime groups is 1. The molecule has 0 saturated carbocycles. The van der Waals surface area contributed by atoms with Crippen LogP contribution >= 0.6 is 34.8 Å². The highest BCUT2D eigenvalue weighted by Gasteiger charge is 2.36. The van der Waals surface area contributed by atoms with Gasteiger partial charge in [-0.3, -0.25) is 14.4 Å². The summed E-state index contributed by atoms with van der Waals surface area (Å²) in [7, 11) is 0. The number of Topliss-reactive ketones (excluding diaryl/α,β-unsaturated/α-hetero) is 2. The molecular weight excluding hydrogens is 318 g/mol. The number of carbonyl (C=O) groups excluding carboxylic acids is 3. The summed E-state index contributed by atoms with van der Waals surface area (Å²) in [5, 5.41) is 13.0. The van der Waals surface area contributed by atoms with E-state index in [1.165, 1.54) is 6.07 Å². The molecule has 9 heteroatoms. The standard InChI is InChI=1S/C10H3Cl3N2O4/c11-2-1-3-4(6(13)5(2)12)8(16)7(15-19)9(17)10(18)14-3/h1,19H,(H,14,18). The van der Waals surface area contributed by atoms with Gasteiger partial charge in [-0.05, 0) is 6.07 Å². The van der Waals surface area contributed by atoms with E-state index in [9.17, 15) is 14.4 Å². The molecule has 0 atom stereocenters. The van der Waals surface area contributed by atoms with Crippen LogP contribution in [0, 0.1) is 0 Å². The lowest BCUT2D eigenvalue weighted by Gasteiger charge is -2.09. The third-order valence-electron chi connectivity index (χ3n) is 2.37. The van der Waals surface area contributed by atoms with Crippen molar-refractivity contribution in [2.75, 3.05) is 5.32 Å². The lowest BCUT2D eigenvalue weighted by atomic mass is 10.0. The van der Waals surface area contributed by atoms with E-state index < -0.39 is 23.2 Å². The Hall–Kier alpha value is -1.63. The summed E-state index contributed by atoms with van der Waals surface area (Å²) in [6.07, 6.45) is 0. The second-order valence-electron chi connectivity index (χ2n) is 3.47. The van der Waals surface area contributed by atoms with Crippen LogP contribution in [0.1, 0.15) is 10.4 Å². The number of halogens is 3. The normalized spacial score (nSPS) is 17.2. The number of ketones is 2. The van der Waals surface area contributed by atoms with Gasteiger partial charge in [0.05, 0.1) is 26.3 Å². The van der Waals surface area contributed by atoms with E-state index in [0.717, 1.165) is 0 Å². The van der Waals surface area contributed by atoms with Gasteiger partial charge >= 0.3 is 0 Å². The number of hydrogen-bond donors (Lipinski definition) is 2. The first kappa shape index (κ1) is 13.8. The Bertz CT molecular complexity index is 669. The molecule has 1 aromatic carbocycles. The fourth-order valence-electron chi connectivity index (χ4n) is 1.51. The van der Waals surface area contributed by atoms with Crippen molar-refractivity contribution >= 4 is 63.7 Å². The number of fused-ring (bicyclic) bond motifs is 1. The average Bonchev–Trinajstić information content (AvgIpc) is 2.44. The number of amides is 1. The molecule has 0 saturated heterocycles. The molecule has 19 heavy (non-hydrogen) atoms. The van der Waals surface area contributed by atoms with Gasteiger partial charge in [0.2, 0.25) is 11.5 Å². The van der Waals surface area contributed by atoms with Crippen LogP contribution in [0.3, 0.4) is 0 Å². The minimum Gasteiger partial charge on any atom is -0.410 e. The maximum Gasteiger partial charge on any atom is 0.298 e. The van der Waals surface area contributed by atoms with Gasteiger partial charge in [0.1, 0.15) is 0 Å². The summed E-state index contributed by atoms with van der Waals surface area (Å²) in [5.41, 5.74) is -1.29. The van der Waals surface area contributed by atoms with E-state index >= 15 is 0 Å². The monoisotopic (exact) mass is 320 g/mol. The smallest absolute Gasteiger partial charge is 0.298 e. The summed E-state index contributed by atoms with van der Waals surface area (Å²) in [6.45, 7) is 0. The van der Waals surface area contributed by atoms with Gasteiger partial charge in [0.15, 0.2) is 0 Å². The van der Waals surface area contributed by atoms with Gasteiger partial charge < -0.3 is 10.5 Å². The Labute approximate surface area is 120 Å². The molecule has 2 N–H and O–H groups in total. The van der Waals surface area contributed by atoms with Crippen molar-refractivity contribution < 1.29 is 19.6 Å². The minimum absolute atomic E-state index is 0.00430. The molecule has 0 spiro atoms. The minimum atomic E-state index is -1.29. The van der Waals surface area contributed by atoms with Crippen LogP contribution in [0.4, 0.5) is 5.69 Å². The number of nitrogens with one attached hydrogen (secondary N) is 1. The Morgan fingerprint density at radius 1 is 1.05 bits per heavy atom. The quantitative estimate of drug-likeness (QED) is 0.331. The van der Waals surface area contributed by atoms with Crippen LogP contribution < -0.4 is 5.32 Å². The maximum atomic E-state index is 12.0. The third kappa shape index (κ3) is 2.07. The zero-order chi connectivity index (χ0) is 14.3. The van der Waals surface area contributed by atoms with Crippen molar-refractivity contribution in [2.45, 2.75) is 0 Å². The Kier molecular flexibility index (Phi) is 3.49.